The maximum Gasteiger partial charge on any atom is 0.414 e. The van der Waals surface area contributed by atoms with Crippen LogP contribution in [-0.2, 0) is 28.6 Å². The number of urea groups is 1. The minimum atomic E-state index is -0.721. The van der Waals surface area contributed by atoms with Crippen molar-refractivity contribution in [1.82, 2.24) is 20.4 Å². The Morgan fingerprint density at radius 2 is 1.74 bits per heavy atom. The zero-order chi connectivity index (χ0) is 28.4. The van der Waals surface area contributed by atoms with Crippen LogP contribution in [0.15, 0.2) is 24.3 Å². The van der Waals surface area contributed by atoms with Crippen molar-refractivity contribution in [2.24, 2.45) is 0 Å². The summed E-state index contributed by atoms with van der Waals surface area (Å²) in [7, 11) is 0. The smallest absolute Gasteiger partial charge is 0.414 e. The fourth-order valence-electron chi connectivity index (χ4n) is 4.13. The molecule has 2 heterocycles. The Bertz CT molecular complexity index is 1080. The summed E-state index contributed by atoms with van der Waals surface area (Å²) in [4.78, 5) is 64.8. The molecular weight excluding hydrogens is 512 g/mol. The van der Waals surface area contributed by atoms with Crippen LogP contribution in [0.3, 0.4) is 0 Å². The third-order valence-corrected chi connectivity index (χ3v) is 6.03. The van der Waals surface area contributed by atoms with Gasteiger partial charge in [-0.15, -0.1) is 0 Å². The third-order valence-electron chi connectivity index (χ3n) is 6.03. The summed E-state index contributed by atoms with van der Waals surface area (Å²) in [6, 6.07) is 5.71. The molecule has 212 valence electrons. The fourth-order valence-corrected chi connectivity index (χ4v) is 4.13. The van der Waals surface area contributed by atoms with Crippen LogP contribution in [-0.4, -0.2) is 111 Å². The van der Waals surface area contributed by atoms with Crippen LogP contribution in [0.2, 0.25) is 0 Å². The van der Waals surface area contributed by atoms with Gasteiger partial charge in [0.2, 0.25) is 5.91 Å². The number of amides is 4. The van der Waals surface area contributed by atoms with Gasteiger partial charge in [0.15, 0.2) is 0 Å². The number of rotatable bonds is 11. The van der Waals surface area contributed by atoms with E-state index in [2.05, 4.69) is 10.6 Å². The lowest BCUT2D eigenvalue weighted by atomic mass is 10.1. The maximum absolute atomic E-state index is 12.5. The molecule has 0 aromatic heterocycles. The summed E-state index contributed by atoms with van der Waals surface area (Å²) in [5, 5.41) is 12.7. The molecule has 3 rings (SSSR count). The highest BCUT2D eigenvalue weighted by Crippen LogP contribution is 2.23. The quantitative estimate of drug-likeness (QED) is 0.153. The van der Waals surface area contributed by atoms with Gasteiger partial charge < -0.3 is 24.4 Å². The highest BCUT2D eigenvalue weighted by atomic mass is 16.6. The molecule has 0 bridgehead atoms. The topological polar surface area (TPSA) is 171 Å². The van der Waals surface area contributed by atoms with E-state index in [0.717, 1.165) is 0 Å². The van der Waals surface area contributed by atoms with Gasteiger partial charge in [0.25, 0.3) is 0 Å². The van der Waals surface area contributed by atoms with Crippen molar-refractivity contribution in [2.75, 3.05) is 63.9 Å². The highest BCUT2D eigenvalue weighted by Gasteiger charge is 2.35. The van der Waals surface area contributed by atoms with Crippen molar-refractivity contribution in [1.29, 1.82) is 5.41 Å². The van der Waals surface area contributed by atoms with Gasteiger partial charge in [-0.3, -0.25) is 34.9 Å². The normalized spacial score (nSPS) is 17.4. The molecule has 0 spiro atoms. The number of nitrogens with one attached hydrogen (secondary N) is 3. The number of esters is 2. The van der Waals surface area contributed by atoms with Crippen LogP contribution in [0.5, 0.6) is 0 Å². The lowest BCUT2D eigenvalue weighted by Crippen LogP contribution is -2.52. The summed E-state index contributed by atoms with van der Waals surface area (Å²) < 4.78 is 15.1. The lowest BCUT2D eigenvalue weighted by Gasteiger charge is -2.34. The molecule has 4 amide bonds. The van der Waals surface area contributed by atoms with E-state index in [9.17, 15) is 24.0 Å². The largest absolute Gasteiger partial charge is 0.466 e. The van der Waals surface area contributed by atoms with Gasteiger partial charge in [0, 0.05) is 37.4 Å². The van der Waals surface area contributed by atoms with Crippen molar-refractivity contribution in [3.8, 4) is 0 Å². The third kappa shape index (κ3) is 8.67. The molecule has 1 atom stereocenters. The molecule has 14 heteroatoms. The molecule has 14 nitrogen and oxygen atoms in total. The van der Waals surface area contributed by atoms with Crippen LogP contribution in [0, 0.1) is 5.41 Å². The Balaban J connectivity index is 1.45. The molecule has 2 saturated heterocycles. The Labute approximate surface area is 226 Å². The van der Waals surface area contributed by atoms with Crippen molar-refractivity contribution in [3.05, 3.63) is 29.8 Å². The molecule has 0 saturated carbocycles. The number of benzene rings is 1. The molecule has 0 aliphatic carbocycles. The van der Waals surface area contributed by atoms with E-state index in [1.165, 1.54) is 4.90 Å². The summed E-state index contributed by atoms with van der Waals surface area (Å²) in [5.74, 6) is -1.19. The Kier molecular flexibility index (Phi) is 10.6. The summed E-state index contributed by atoms with van der Waals surface area (Å²) >= 11 is 0. The van der Waals surface area contributed by atoms with Crippen molar-refractivity contribution in [3.63, 3.8) is 0 Å². The number of hydrogen-bond acceptors (Lipinski definition) is 10. The zero-order valence-corrected chi connectivity index (χ0v) is 22.1. The standard InChI is InChI=1S/C25H34N6O8/c1-3-37-21(33)9-10-30-12-11-29(16-20(30)32)14-19-15-31(25(36)39-19)18-7-5-17(6-8-18)23(26)28-24(35)27-13-22(34)38-4-2/h5-8,19H,3-4,9-16H2,1-2H3,(H3,26,27,28,35). The predicted molar refractivity (Wildman–Crippen MR) is 138 cm³/mol. The number of amidine groups is 1. The minimum absolute atomic E-state index is 0.0899. The summed E-state index contributed by atoms with van der Waals surface area (Å²) in [6.45, 7) is 5.84. The van der Waals surface area contributed by atoms with Gasteiger partial charge in [-0.1, -0.05) is 0 Å². The number of hydrogen-bond donors (Lipinski definition) is 3. The lowest BCUT2D eigenvalue weighted by molar-refractivity contribution is -0.145. The Hall–Kier alpha value is -4.20. The molecule has 1 aromatic rings. The average Bonchev–Trinajstić information content (AvgIpc) is 3.27. The first-order valence-corrected chi connectivity index (χ1v) is 12.7. The van der Waals surface area contributed by atoms with Gasteiger partial charge in [0.1, 0.15) is 18.5 Å². The van der Waals surface area contributed by atoms with E-state index in [-0.39, 0.29) is 43.8 Å². The van der Waals surface area contributed by atoms with Gasteiger partial charge in [-0.25, -0.2) is 9.59 Å². The van der Waals surface area contributed by atoms with Gasteiger partial charge in [0.05, 0.1) is 32.7 Å². The first-order chi connectivity index (χ1) is 18.7. The minimum Gasteiger partial charge on any atom is -0.466 e. The number of cyclic esters (lactones) is 1. The van der Waals surface area contributed by atoms with Crippen LogP contribution in [0.25, 0.3) is 0 Å². The summed E-state index contributed by atoms with van der Waals surface area (Å²) in [5.41, 5.74) is 0.958. The second kappa shape index (κ2) is 14.1. The van der Waals surface area contributed by atoms with E-state index < -0.39 is 24.2 Å². The fraction of sp³-hybridized carbons (Fsp3) is 0.520. The van der Waals surface area contributed by atoms with E-state index in [1.54, 1.807) is 43.0 Å². The SMILES string of the molecule is CCOC(=O)CCN1CCN(CC2CN(c3ccc(C(=N)NC(=O)NCC(=O)OCC)cc3)C(=O)O2)CC1=O. The van der Waals surface area contributed by atoms with Crippen molar-refractivity contribution < 1.29 is 38.2 Å². The van der Waals surface area contributed by atoms with E-state index >= 15 is 0 Å². The summed E-state index contributed by atoms with van der Waals surface area (Å²) in [6.07, 6.45) is -0.788. The molecule has 1 unspecified atom stereocenters. The number of ether oxygens (including phenoxy) is 3. The van der Waals surface area contributed by atoms with Crippen LogP contribution >= 0.6 is 0 Å². The monoisotopic (exact) mass is 546 g/mol. The molecular formula is C25H34N6O8. The number of carbonyl (C=O) groups is 5. The molecule has 2 fully saturated rings. The number of carbonyl (C=O) groups excluding carboxylic acids is 5. The predicted octanol–water partition coefficient (Wildman–Crippen LogP) is 0.297. The molecule has 0 radical (unpaired) electrons. The number of anilines is 1. The second-order valence-corrected chi connectivity index (χ2v) is 8.82. The Morgan fingerprint density at radius 3 is 2.41 bits per heavy atom. The van der Waals surface area contributed by atoms with Crippen molar-refractivity contribution in [2.45, 2.75) is 26.4 Å². The molecule has 1 aromatic carbocycles. The van der Waals surface area contributed by atoms with E-state index in [0.29, 0.717) is 50.6 Å². The molecule has 2 aliphatic rings. The van der Waals surface area contributed by atoms with Gasteiger partial charge in [-0.05, 0) is 38.1 Å². The zero-order valence-electron chi connectivity index (χ0n) is 22.1. The maximum atomic E-state index is 12.5. The van der Waals surface area contributed by atoms with Crippen molar-refractivity contribution >= 4 is 41.5 Å². The second-order valence-electron chi connectivity index (χ2n) is 8.82. The molecule has 3 N–H and O–H groups in total. The van der Waals surface area contributed by atoms with Crippen LogP contribution in [0.4, 0.5) is 15.3 Å². The highest BCUT2D eigenvalue weighted by molar-refractivity contribution is 6.06. The Morgan fingerprint density at radius 1 is 1.05 bits per heavy atom. The van der Waals surface area contributed by atoms with Gasteiger partial charge >= 0.3 is 24.1 Å². The molecule has 39 heavy (non-hydrogen) atoms. The van der Waals surface area contributed by atoms with E-state index in [1.807, 2.05) is 4.90 Å². The van der Waals surface area contributed by atoms with Gasteiger partial charge in [-0.2, -0.15) is 0 Å². The average molecular weight is 547 g/mol. The first kappa shape index (κ1) is 29.4. The van der Waals surface area contributed by atoms with E-state index in [4.69, 9.17) is 19.6 Å². The number of piperazine rings is 1. The first-order valence-electron chi connectivity index (χ1n) is 12.7. The van der Waals surface area contributed by atoms with Crippen LogP contribution in [0.1, 0.15) is 25.8 Å². The van der Waals surface area contributed by atoms with Crippen LogP contribution < -0.4 is 15.5 Å². The molecule has 2 aliphatic heterocycles. The number of nitrogens with zero attached hydrogens (tertiary/aromatic N) is 3.